The molecule has 0 saturated heterocycles. The summed E-state index contributed by atoms with van der Waals surface area (Å²) >= 11 is 0. The first-order valence-electron chi connectivity index (χ1n) is 5.12. The van der Waals surface area contributed by atoms with Crippen molar-refractivity contribution in [3.8, 4) is 11.5 Å². The fraction of sp³-hybridized carbons (Fsp3) is 0.417. The van der Waals surface area contributed by atoms with Crippen molar-refractivity contribution in [1.29, 1.82) is 0 Å². The summed E-state index contributed by atoms with van der Waals surface area (Å²) in [6.07, 6.45) is 1.34. The standard InChI is InChI=1S/C12H14O3/c1-3-8-6-11(13)10-5-4-9(14-2)7-12(10)15-8/h4-5,7-8H,3,6H2,1-2H3. The number of methoxy groups -OCH3 is 1. The van der Waals surface area contributed by atoms with Gasteiger partial charge in [-0.25, -0.2) is 0 Å². The predicted molar refractivity (Wildman–Crippen MR) is 56.6 cm³/mol. The van der Waals surface area contributed by atoms with Gasteiger partial charge in [-0.3, -0.25) is 4.79 Å². The average Bonchev–Trinajstić information content (AvgIpc) is 2.28. The van der Waals surface area contributed by atoms with Crippen molar-refractivity contribution in [2.45, 2.75) is 25.9 Å². The summed E-state index contributed by atoms with van der Waals surface area (Å²) in [6, 6.07) is 5.32. The number of hydrogen-bond acceptors (Lipinski definition) is 3. The highest BCUT2D eigenvalue weighted by Gasteiger charge is 2.25. The van der Waals surface area contributed by atoms with Crippen LogP contribution in [0, 0.1) is 0 Å². The van der Waals surface area contributed by atoms with Crippen LogP contribution in [0.25, 0.3) is 0 Å². The van der Waals surface area contributed by atoms with Gasteiger partial charge in [-0.05, 0) is 18.6 Å². The molecular formula is C12H14O3. The van der Waals surface area contributed by atoms with Crippen LogP contribution in [-0.2, 0) is 0 Å². The van der Waals surface area contributed by atoms with Gasteiger partial charge >= 0.3 is 0 Å². The highest BCUT2D eigenvalue weighted by atomic mass is 16.5. The zero-order valence-electron chi connectivity index (χ0n) is 8.95. The number of carbonyl (C=O) groups is 1. The Morgan fingerprint density at radius 3 is 3.00 bits per heavy atom. The van der Waals surface area contributed by atoms with E-state index in [1.165, 1.54) is 0 Å². The quantitative estimate of drug-likeness (QED) is 0.745. The third kappa shape index (κ3) is 1.82. The van der Waals surface area contributed by atoms with Crippen LogP contribution in [0.5, 0.6) is 11.5 Å². The van der Waals surface area contributed by atoms with Crippen LogP contribution in [0.1, 0.15) is 30.1 Å². The lowest BCUT2D eigenvalue weighted by atomic mass is 9.99. The van der Waals surface area contributed by atoms with E-state index in [-0.39, 0.29) is 11.9 Å². The maximum absolute atomic E-state index is 11.7. The summed E-state index contributed by atoms with van der Waals surface area (Å²) in [5.41, 5.74) is 0.667. The van der Waals surface area contributed by atoms with Gasteiger partial charge in [0.1, 0.15) is 17.6 Å². The minimum Gasteiger partial charge on any atom is -0.497 e. The minimum atomic E-state index is 0.0112. The number of carbonyl (C=O) groups excluding carboxylic acids is 1. The van der Waals surface area contributed by atoms with Crippen molar-refractivity contribution in [1.82, 2.24) is 0 Å². The Hall–Kier alpha value is -1.51. The average molecular weight is 206 g/mol. The number of benzene rings is 1. The monoisotopic (exact) mass is 206 g/mol. The molecule has 1 heterocycles. The molecule has 1 aromatic carbocycles. The van der Waals surface area contributed by atoms with Crippen LogP contribution < -0.4 is 9.47 Å². The zero-order chi connectivity index (χ0) is 10.8. The summed E-state index contributed by atoms with van der Waals surface area (Å²) in [7, 11) is 1.60. The summed E-state index contributed by atoms with van der Waals surface area (Å²) < 4.78 is 10.8. The summed E-state index contributed by atoms with van der Waals surface area (Å²) in [4.78, 5) is 11.7. The number of rotatable bonds is 2. The maximum Gasteiger partial charge on any atom is 0.170 e. The van der Waals surface area contributed by atoms with Gasteiger partial charge in [0.2, 0.25) is 0 Å². The molecule has 1 unspecified atom stereocenters. The molecule has 0 N–H and O–H groups in total. The largest absolute Gasteiger partial charge is 0.497 e. The lowest BCUT2D eigenvalue weighted by Crippen LogP contribution is -2.26. The molecule has 0 fully saturated rings. The van der Waals surface area contributed by atoms with Crippen LogP contribution in [0.2, 0.25) is 0 Å². The molecule has 15 heavy (non-hydrogen) atoms. The van der Waals surface area contributed by atoms with Gasteiger partial charge in [0.05, 0.1) is 12.7 Å². The van der Waals surface area contributed by atoms with Gasteiger partial charge < -0.3 is 9.47 Å². The van der Waals surface area contributed by atoms with Crippen LogP contribution in [0.4, 0.5) is 0 Å². The second-order valence-corrected chi connectivity index (χ2v) is 3.64. The third-order valence-corrected chi connectivity index (χ3v) is 2.65. The Labute approximate surface area is 89.0 Å². The Morgan fingerprint density at radius 1 is 1.53 bits per heavy atom. The van der Waals surface area contributed by atoms with Crippen molar-refractivity contribution in [2.24, 2.45) is 0 Å². The Morgan fingerprint density at radius 2 is 2.33 bits per heavy atom. The van der Waals surface area contributed by atoms with E-state index in [1.54, 1.807) is 25.3 Å². The van der Waals surface area contributed by atoms with Gasteiger partial charge in [0, 0.05) is 12.5 Å². The first-order chi connectivity index (χ1) is 7.24. The molecule has 1 aliphatic heterocycles. The smallest absolute Gasteiger partial charge is 0.170 e. The molecule has 0 aromatic heterocycles. The number of hydrogen-bond donors (Lipinski definition) is 0. The van der Waals surface area contributed by atoms with Gasteiger partial charge in [-0.15, -0.1) is 0 Å². The van der Waals surface area contributed by atoms with Gasteiger partial charge in [0.25, 0.3) is 0 Å². The number of Topliss-reactive ketones (excluding diaryl/α,β-unsaturated/α-hetero) is 1. The SMILES string of the molecule is CCC1CC(=O)c2ccc(OC)cc2O1. The van der Waals surface area contributed by atoms with Crippen LogP contribution in [0.3, 0.4) is 0 Å². The van der Waals surface area contributed by atoms with Gasteiger partial charge in [-0.1, -0.05) is 6.92 Å². The molecule has 1 aromatic rings. The zero-order valence-corrected chi connectivity index (χ0v) is 8.95. The highest BCUT2D eigenvalue weighted by molar-refractivity contribution is 6.00. The van der Waals surface area contributed by atoms with Crippen LogP contribution in [-0.4, -0.2) is 19.0 Å². The number of fused-ring (bicyclic) bond motifs is 1. The second-order valence-electron chi connectivity index (χ2n) is 3.64. The molecule has 0 spiro atoms. The van der Waals surface area contributed by atoms with E-state index < -0.39 is 0 Å². The molecular weight excluding hydrogens is 192 g/mol. The Bertz CT molecular complexity index is 384. The first kappa shape index (κ1) is 10.0. The molecule has 0 saturated carbocycles. The molecule has 3 heteroatoms. The molecule has 1 aliphatic rings. The van der Waals surface area contributed by atoms with Crippen molar-refractivity contribution >= 4 is 5.78 Å². The summed E-state index contributed by atoms with van der Waals surface area (Å²) in [5.74, 6) is 1.53. The number of ketones is 1. The molecule has 3 nitrogen and oxygen atoms in total. The fourth-order valence-electron chi connectivity index (χ4n) is 1.72. The molecule has 0 bridgehead atoms. The second kappa shape index (κ2) is 3.93. The molecule has 1 atom stereocenters. The third-order valence-electron chi connectivity index (χ3n) is 2.65. The maximum atomic E-state index is 11.7. The van der Waals surface area contributed by atoms with E-state index in [0.717, 1.165) is 12.2 Å². The van der Waals surface area contributed by atoms with E-state index in [2.05, 4.69) is 0 Å². The molecule has 0 radical (unpaired) electrons. The highest BCUT2D eigenvalue weighted by Crippen LogP contribution is 2.31. The summed E-state index contributed by atoms with van der Waals surface area (Å²) in [5, 5.41) is 0. The fourth-order valence-corrected chi connectivity index (χ4v) is 1.72. The Balaban J connectivity index is 2.37. The van der Waals surface area contributed by atoms with Crippen LogP contribution in [0.15, 0.2) is 18.2 Å². The van der Waals surface area contributed by atoms with E-state index in [0.29, 0.717) is 17.7 Å². The van der Waals surface area contributed by atoms with E-state index >= 15 is 0 Å². The molecule has 2 rings (SSSR count). The van der Waals surface area contributed by atoms with Crippen molar-refractivity contribution in [3.63, 3.8) is 0 Å². The normalized spacial score (nSPS) is 19.3. The summed E-state index contributed by atoms with van der Waals surface area (Å²) in [6.45, 7) is 2.02. The number of ether oxygens (including phenoxy) is 2. The van der Waals surface area contributed by atoms with E-state index in [4.69, 9.17) is 9.47 Å². The lowest BCUT2D eigenvalue weighted by Gasteiger charge is -2.24. The van der Waals surface area contributed by atoms with Crippen LogP contribution >= 0.6 is 0 Å². The topological polar surface area (TPSA) is 35.5 Å². The molecule has 80 valence electrons. The van der Waals surface area contributed by atoms with E-state index in [1.807, 2.05) is 6.92 Å². The van der Waals surface area contributed by atoms with Gasteiger partial charge in [0.15, 0.2) is 5.78 Å². The van der Waals surface area contributed by atoms with Crippen molar-refractivity contribution < 1.29 is 14.3 Å². The van der Waals surface area contributed by atoms with Crippen molar-refractivity contribution in [2.75, 3.05) is 7.11 Å². The Kier molecular flexibility index (Phi) is 2.62. The predicted octanol–water partition coefficient (Wildman–Crippen LogP) is 2.44. The first-order valence-corrected chi connectivity index (χ1v) is 5.12. The van der Waals surface area contributed by atoms with Gasteiger partial charge in [-0.2, -0.15) is 0 Å². The van der Waals surface area contributed by atoms with Crippen molar-refractivity contribution in [3.05, 3.63) is 23.8 Å². The lowest BCUT2D eigenvalue weighted by molar-refractivity contribution is 0.0845. The molecule has 0 amide bonds. The van der Waals surface area contributed by atoms with E-state index in [9.17, 15) is 4.79 Å². The molecule has 0 aliphatic carbocycles. The minimum absolute atomic E-state index is 0.0112.